The van der Waals surface area contributed by atoms with Crippen molar-refractivity contribution in [1.82, 2.24) is 9.55 Å². The highest BCUT2D eigenvalue weighted by Crippen LogP contribution is 2.49. The lowest BCUT2D eigenvalue weighted by molar-refractivity contribution is -0.227. The number of aliphatic hydroxyl groups excluding tert-OH is 1. The van der Waals surface area contributed by atoms with Crippen molar-refractivity contribution in [3.8, 4) is 0 Å². The van der Waals surface area contributed by atoms with E-state index in [9.17, 15) is 9.90 Å². The summed E-state index contributed by atoms with van der Waals surface area (Å²) < 4.78 is 20.3. The maximum atomic E-state index is 13.0. The summed E-state index contributed by atoms with van der Waals surface area (Å²) in [4.78, 5) is 17.2. The fourth-order valence-corrected chi connectivity index (χ4v) is 5.78. The van der Waals surface area contributed by atoms with Crippen LogP contribution in [-0.2, 0) is 26.1 Å². The highest BCUT2D eigenvalue weighted by Gasteiger charge is 2.53. The number of ether oxygens (including phenoxy) is 3. The third kappa shape index (κ3) is 4.95. The summed E-state index contributed by atoms with van der Waals surface area (Å²) >= 11 is 0. The van der Waals surface area contributed by atoms with Crippen LogP contribution in [0.15, 0.2) is 54.1 Å². The zero-order valence-corrected chi connectivity index (χ0v) is 21.6. The maximum Gasteiger partial charge on any atom is 0.331 e. The van der Waals surface area contributed by atoms with Gasteiger partial charge in [0.15, 0.2) is 0 Å². The molecule has 4 rings (SSSR count). The van der Waals surface area contributed by atoms with Crippen molar-refractivity contribution in [3.05, 3.63) is 59.7 Å². The number of carbonyl (C=O) groups excluding carboxylic acids is 1. The van der Waals surface area contributed by atoms with Gasteiger partial charge in [-0.3, -0.25) is 0 Å². The molecule has 0 radical (unpaired) electrons. The summed E-state index contributed by atoms with van der Waals surface area (Å²) in [6.45, 7) is 8.38. The molecule has 0 amide bonds. The second kappa shape index (κ2) is 9.88. The Morgan fingerprint density at radius 1 is 1.40 bits per heavy atom. The molecule has 2 bridgehead atoms. The fraction of sp³-hybridized carbons (Fsp3) is 0.571. The van der Waals surface area contributed by atoms with Crippen LogP contribution in [-0.4, -0.2) is 51.8 Å². The first kappa shape index (κ1) is 25.6. The first-order valence-corrected chi connectivity index (χ1v) is 12.4. The summed E-state index contributed by atoms with van der Waals surface area (Å²) in [7, 11) is 3.46. The van der Waals surface area contributed by atoms with Crippen LogP contribution in [0.1, 0.15) is 46.2 Å². The molecule has 0 aromatic carbocycles. The summed E-state index contributed by atoms with van der Waals surface area (Å²) in [5, 5.41) is 10.4. The van der Waals surface area contributed by atoms with Crippen LogP contribution in [0.3, 0.4) is 0 Å². The third-order valence-electron chi connectivity index (χ3n) is 7.91. The molecule has 6 atom stereocenters. The molecule has 0 saturated carbocycles. The minimum absolute atomic E-state index is 0.150. The molecule has 7 heteroatoms. The van der Waals surface area contributed by atoms with E-state index in [0.717, 1.165) is 6.42 Å². The molecule has 0 spiro atoms. The molecule has 1 unspecified atom stereocenters. The second-order valence-electron chi connectivity index (χ2n) is 10.6. The zero-order valence-electron chi connectivity index (χ0n) is 21.6. The standard InChI is InChI=1S/C28H38N2O5/c1-18(2)22-9-7-19(3)23-14-25(34-26(32)10-8-21-15-30(5)17-29-21)27(4)11-12-28(33-6,35-27)20(16-31)13-24(22)23/h7-8,10-13,15,17-18,22-25,31H,9,14,16H2,1-6H3/t22-,23+,24?,25+,27+,28-/m1/s1. The molecule has 3 aliphatic rings. The number of carbonyl (C=O) groups is 1. The van der Waals surface area contributed by atoms with Crippen LogP contribution >= 0.6 is 0 Å². The number of allylic oxidation sites excluding steroid dienone is 3. The van der Waals surface area contributed by atoms with Crippen LogP contribution in [0.25, 0.3) is 6.08 Å². The Balaban J connectivity index is 1.71. The number of hydrogen-bond acceptors (Lipinski definition) is 6. The lowest BCUT2D eigenvalue weighted by Gasteiger charge is -2.41. The Kier molecular flexibility index (Phi) is 7.23. The number of imidazole rings is 1. The van der Waals surface area contributed by atoms with Crippen LogP contribution in [0.5, 0.6) is 0 Å². The van der Waals surface area contributed by atoms with E-state index in [1.807, 2.05) is 36.9 Å². The monoisotopic (exact) mass is 482 g/mol. The van der Waals surface area contributed by atoms with Crippen LogP contribution in [0.4, 0.5) is 0 Å². The van der Waals surface area contributed by atoms with E-state index in [4.69, 9.17) is 14.2 Å². The number of rotatable bonds is 6. The predicted molar refractivity (Wildman–Crippen MR) is 134 cm³/mol. The molecule has 0 fully saturated rings. The molecule has 2 aliphatic heterocycles. The van der Waals surface area contributed by atoms with Gasteiger partial charge in [0.2, 0.25) is 5.79 Å². The van der Waals surface area contributed by atoms with Gasteiger partial charge in [-0.25, -0.2) is 9.78 Å². The number of methoxy groups -OCH3 is 1. The molecule has 1 N–H and O–H groups in total. The Hall–Kier alpha value is -2.48. The number of aliphatic hydroxyl groups is 1. The molecule has 0 saturated heterocycles. The Morgan fingerprint density at radius 3 is 2.80 bits per heavy atom. The second-order valence-corrected chi connectivity index (χ2v) is 10.6. The predicted octanol–water partition coefficient (Wildman–Crippen LogP) is 4.21. The number of fused-ring (bicyclic) bond motifs is 3. The van der Waals surface area contributed by atoms with Gasteiger partial charge in [-0.05, 0) is 68.6 Å². The van der Waals surface area contributed by atoms with Crippen molar-refractivity contribution < 1.29 is 24.1 Å². The fourth-order valence-electron chi connectivity index (χ4n) is 5.78. The summed E-state index contributed by atoms with van der Waals surface area (Å²) in [5.74, 6) is -0.472. The van der Waals surface area contributed by atoms with Gasteiger partial charge in [0, 0.05) is 32.0 Å². The van der Waals surface area contributed by atoms with Crippen molar-refractivity contribution in [2.45, 2.75) is 58.0 Å². The highest BCUT2D eigenvalue weighted by atomic mass is 16.7. The maximum absolute atomic E-state index is 13.0. The number of aryl methyl sites for hydroxylation is 1. The minimum Gasteiger partial charge on any atom is -0.456 e. The summed E-state index contributed by atoms with van der Waals surface area (Å²) in [6.07, 6.45) is 15.8. The van der Waals surface area contributed by atoms with Crippen molar-refractivity contribution in [2.24, 2.45) is 30.7 Å². The molecular weight excluding hydrogens is 444 g/mol. The third-order valence-corrected chi connectivity index (χ3v) is 7.91. The Morgan fingerprint density at radius 2 is 2.17 bits per heavy atom. The van der Waals surface area contributed by atoms with E-state index in [2.05, 4.69) is 37.9 Å². The van der Waals surface area contributed by atoms with Gasteiger partial charge in [-0.1, -0.05) is 31.6 Å². The quantitative estimate of drug-likeness (QED) is 0.372. The van der Waals surface area contributed by atoms with Gasteiger partial charge >= 0.3 is 5.97 Å². The topological polar surface area (TPSA) is 82.8 Å². The number of aromatic nitrogens is 2. The zero-order chi connectivity index (χ0) is 25.4. The van der Waals surface area contributed by atoms with Gasteiger partial charge in [0.1, 0.15) is 11.7 Å². The van der Waals surface area contributed by atoms with Gasteiger partial charge in [0.25, 0.3) is 0 Å². The summed E-state index contributed by atoms with van der Waals surface area (Å²) in [5.41, 5.74) is 1.74. The number of hydrogen-bond donors (Lipinski definition) is 1. The van der Waals surface area contributed by atoms with Crippen LogP contribution in [0, 0.1) is 23.7 Å². The lowest BCUT2D eigenvalue weighted by atomic mass is 9.65. The van der Waals surface area contributed by atoms with E-state index < -0.39 is 23.5 Å². The van der Waals surface area contributed by atoms with E-state index in [1.54, 1.807) is 19.5 Å². The molecule has 3 heterocycles. The van der Waals surface area contributed by atoms with Crippen LogP contribution in [0.2, 0.25) is 0 Å². The molecule has 35 heavy (non-hydrogen) atoms. The van der Waals surface area contributed by atoms with E-state index >= 15 is 0 Å². The van der Waals surface area contributed by atoms with E-state index in [0.29, 0.717) is 29.5 Å². The molecule has 1 aliphatic carbocycles. The van der Waals surface area contributed by atoms with Gasteiger partial charge in [-0.15, -0.1) is 0 Å². The normalized spacial score (nSPS) is 34.7. The van der Waals surface area contributed by atoms with Crippen molar-refractivity contribution in [3.63, 3.8) is 0 Å². The first-order valence-electron chi connectivity index (χ1n) is 12.4. The highest BCUT2D eigenvalue weighted by molar-refractivity contribution is 5.86. The Labute approximate surface area is 208 Å². The first-order chi connectivity index (χ1) is 16.6. The summed E-state index contributed by atoms with van der Waals surface area (Å²) in [6, 6.07) is 0. The molecule has 7 nitrogen and oxygen atoms in total. The number of nitrogens with zero attached hydrogens (tertiary/aromatic N) is 2. The number of esters is 1. The average Bonchev–Trinajstić information content (AvgIpc) is 3.41. The molecule has 1 aromatic heterocycles. The molecule has 1 aromatic rings. The van der Waals surface area contributed by atoms with Gasteiger partial charge in [-0.2, -0.15) is 0 Å². The largest absolute Gasteiger partial charge is 0.456 e. The van der Waals surface area contributed by atoms with Crippen molar-refractivity contribution in [1.29, 1.82) is 0 Å². The van der Waals surface area contributed by atoms with E-state index in [1.165, 1.54) is 11.6 Å². The minimum atomic E-state index is -1.19. The SMILES string of the molecule is CO[C@]12C=C[C@](C)(O1)[C@@H](OC(=O)C=Cc1cn(C)cn1)C[C@H]1C(C)=CC[C@H](C(C)C)C1C=C2CO. The van der Waals surface area contributed by atoms with Crippen LogP contribution < -0.4 is 0 Å². The molecule has 190 valence electrons. The lowest BCUT2D eigenvalue weighted by Crippen LogP contribution is -2.47. The van der Waals surface area contributed by atoms with E-state index in [-0.39, 0.29) is 18.4 Å². The van der Waals surface area contributed by atoms with Crippen molar-refractivity contribution in [2.75, 3.05) is 13.7 Å². The molecular formula is C28H38N2O5. The van der Waals surface area contributed by atoms with Crippen molar-refractivity contribution >= 4 is 12.0 Å². The van der Waals surface area contributed by atoms with Gasteiger partial charge in [0.05, 0.1) is 18.6 Å². The Bertz CT molecular complexity index is 1070. The van der Waals surface area contributed by atoms with Gasteiger partial charge < -0.3 is 23.9 Å². The average molecular weight is 483 g/mol. The smallest absolute Gasteiger partial charge is 0.331 e.